The van der Waals surface area contributed by atoms with Crippen molar-refractivity contribution in [2.75, 3.05) is 0 Å². The summed E-state index contributed by atoms with van der Waals surface area (Å²) in [5.74, 6) is 0. The number of allylic oxidation sites excluding steroid dienone is 1. The van der Waals surface area contributed by atoms with Crippen LogP contribution in [0.25, 0.3) is 5.70 Å². The number of rotatable bonds is 1. The summed E-state index contributed by atoms with van der Waals surface area (Å²) in [5, 5.41) is 3.42. The maximum atomic E-state index is 5.76. The zero-order chi connectivity index (χ0) is 11.0. The minimum atomic E-state index is 0.153. The molecule has 1 aromatic rings. The van der Waals surface area contributed by atoms with E-state index >= 15 is 0 Å². The normalized spacial score (nSPS) is 22.2. The van der Waals surface area contributed by atoms with E-state index in [-0.39, 0.29) is 6.17 Å². The van der Waals surface area contributed by atoms with Crippen LogP contribution < -0.4 is 11.1 Å². The van der Waals surface area contributed by atoms with Gasteiger partial charge in [0.1, 0.15) is 6.17 Å². The first-order valence-corrected chi connectivity index (χ1v) is 5.30. The standard InChI is InChI=1S/C13H13N3/c14-11-6-7-16-9-12(15-13(16)8-11)10-4-2-1-3-5-10/h1-9,13,15H,14H2. The van der Waals surface area contributed by atoms with Gasteiger partial charge >= 0.3 is 0 Å². The summed E-state index contributed by atoms with van der Waals surface area (Å²) in [5.41, 5.74) is 8.88. The van der Waals surface area contributed by atoms with Crippen molar-refractivity contribution in [1.29, 1.82) is 0 Å². The van der Waals surface area contributed by atoms with Crippen LogP contribution in [0.4, 0.5) is 0 Å². The van der Waals surface area contributed by atoms with Gasteiger partial charge < -0.3 is 16.0 Å². The molecule has 0 radical (unpaired) electrons. The molecule has 0 spiro atoms. The van der Waals surface area contributed by atoms with Crippen molar-refractivity contribution in [1.82, 2.24) is 10.2 Å². The quantitative estimate of drug-likeness (QED) is 0.741. The average Bonchev–Trinajstić information content (AvgIpc) is 2.73. The van der Waals surface area contributed by atoms with Gasteiger partial charge in [0.25, 0.3) is 0 Å². The number of nitrogens with two attached hydrogens (primary N) is 1. The zero-order valence-corrected chi connectivity index (χ0v) is 8.80. The van der Waals surface area contributed by atoms with Crippen molar-refractivity contribution >= 4 is 5.70 Å². The number of fused-ring (bicyclic) bond motifs is 1. The van der Waals surface area contributed by atoms with E-state index < -0.39 is 0 Å². The van der Waals surface area contributed by atoms with Gasteiger partial charge in [0.05, 0.1) is 5.70 Å². The molecule has 3 rings (SSSR count). The summed E-state index contributed by atoms with van der Waals surface area (Å²) in [4.78, 5) is 2.11. The molecule has 0 aromatic heterocycles. The fourth-order valence-corrected chi connectivity index (χ4v) is 1.95. The molecule has 3 heteroatoms. The van der Waals surface area contributed by atoms with Gasteiger partial charge in [-0.3, -0.25) is 0 Å². The average molecular weight is 211 g/mol. The lowest BCUT2D eigenvalue weighted by Gasteiger charge is -2.22. The van der Waals surface area contributed by atoms with E-state index in [0.29, 0.717) is 0 Å². The van der Waals surface area contributed by atoms with Crippen LogP contribution in [0.5, 0.6) is 0 Å². The second kappa shape index (κ2) is 3.45. The molecule has 1 unspecified atom stereocenters. The van der Waals surface area contributed by atoms with E-state index in [1.165, 1.54) is 5.56 Å². The van der Waals surface area contributed by atoms with Gasteiger partial charge in [0.2, 0.25) is 0 Å². The number of nitrogens with zero attached hydrogens (tertiary/aromatic N) is 1. The maximum Gasteiger partial charge on any atom is 0.124 e. The molecular formula is C13H13N3. The van der Waals surface area contributed by atoms with Crippen molar-refractivity contribution in [3.05, 3.63) is 66.1 Å². The van der Waals surface area contributed by atoms with E-state index in [1.807, 2.05) is 36.6 Å². The molecule has 3 nitrogen and oxygen atoms in total. The van der Waals surface area contributed by atoms with Crippen molar-refractivity contribution in [3.8, 4) is 0 Å². The van der Waals surface area contributed by atoms with Gasteiger partial charge in [-0.2, -0.15) is 0 Å². The highest BCUT2D eigenvalue weighted by Crippen LogP contribution is 2.23. The number of hydrogen-bond donors (Lipinski definition) is 2. The molecule has 0 saturated heterocycles. The Balaban J connectivity index is 1.90. The summed E-state index contributed by atoms with van der Waals surface area (Å²) >= 11 is 0. The minimum Gasteiger partial charge on any atom is -0.399 e. The Labute approximate surface area is 94.6 Å². The van der Waals surface area contributed by atoms with Crippen LogP contribution in [0.1, 0.15) is 5.56 Å². The molecule has 0 aliphatic carbocycles. The predicted molar refractivity (Wildman–Crippen MR) is 64.6 cm³/mol. The molecule has 2 heterocycles. The lowest BCUT2D eigenvalue weighted by atomic mass is 10.2. The number of benzene rings is 1. The summed E-state index contributed by atoms with van der Waals surface area (Å²) in [7, 11) is 0. The first kappa shape index (κ1) is 9.09. The summed E-state index contributed by atoms with van der Waals surface area (Å²) in [6.07, 6.45) is 8.15. The first-order chi connectivity index (χ1) is 7.83. The Bertz CT molecular complexity index is 485. The van der Waals surface area contributed by atoms with Crippen LogP contribution >= 0.6 is 0 Å². The SMILES string of the molecule is NC1=CC2NC(c3ccccc3)=CN2C=C1. The van der Waals surface area contributed by atoms with Crippen LogP contribution in [-0.2, 0) is 0 Å². The highest BCUT2D eigenvalue weighted by Gasteiger charge is 2.22. The highest BCUT2D eigenvalue weighted by molar-refractivity contribution is 5.66. The number of hydrogen-bond acceptors (Lipinski definition) is 3. The lowest BCUT2D eigenvalue weighted by Crippen LogP contribution is -2.33. The monoisotopic (exact) mass is 211 g/mol. The molecule has 1 atom stereocenters. The van der Waals surface area contributed by atoms with Crippen LogP contribution in [-0.4, -0.2) is 11.1 Å². The van der Waals surface area contributed by atoms with E-state index in [0.717, 1.165) is 11.4 Å². The Morgan fingerprint density at radius 3 is 2.81 bits per heavy atom. The molecule has 0 fully saturated rings. The number of nitrogens with one attached hydrogen (secondary N) is 1. The maximum absolute atomic E-state index is 5.76. The summed E-state index contributed by atoms with van der Waals surface area (Å²) in [6.45, 7) is 0. The Hall–Kier alpha value is -2.16. The van der Waals surface area contributed by atoms with E-state index in [1.54, 1.807) is 0 Å². The van der Waals surface area contributed by atoms with Gasteiger partial charge in [0, 0.05) is 18.1 Å². The molecule has 0 amide bonds. The van der Waals surface area contributed by atoms with Crippen LogP contribution in [0.3, 0.4) is 0 Å². The third-order valence-corrected chi connectivity index (χ3v) is 2.78. The third kappa shape index (κ3) is 1.46. The van der Waals surface area contributed by atoms with Crippen molar-refractivity contribution in [3.63, 3.8) is 0 Å². The molecule has 0 bridgehead atoms. The highest BCUT2D eigenvalue weighted by atomic mass is 15.3. The van der Waals surface area contributed by atoms with Crippen LogP contribution in [0, 0.1) is 0 Å². The summed E-state index contributed by atoms with van der Waals surface area (Å²) < 4.78 is 0. The minimum absolute atomic E-state index is 0.153. The lowest BCUT2D eigenvalue weighted by molar-refractivity contribution is 0.424. The van der Waals surface area contributed by atoms with E-state index in [4.69, 9.17) is 5.73 Å². The van der Waals surface area contributed by atoms with Crippen molar-refractivity contribution in [2.45, 2.75) is 6.17 Å². The fourth-order valence-electron chi connectivity index (χ4n) is 1.95. The van der Waals surface area contributed by atoms with E-state index in [2.05, 4.69) is 28.5 Å². The molecular weight excluding hydrogens is 198 g/mol. The topological polar surface area (TPSA) is 41.3 Å². The van der Waals surface area contributed by atoms with Crippen molar-refractivity contribution in [2.24, 2.45) is 5.73 Å². The molecule has 80 valence electrons. The van der Waals surface area contributed by atoms with Crippen LogP contribution in [0.2, 0.25) is 0 Å². The second-order valence-electron chi connectivity index (χ2n) is 3.93. The molecule has 2 aliphatic heterocycles. The van der Waals surface area contributed by atoms with Gasteiger partial charge in [-0.25, -0.2) is 0 Å². The molecule has 1 aromatic carbocycles. The van der Waals surface area contributed by atoms with Gasteiger partial charge in [-0.05, 0) is 17.7 Å². The first-order valence-electron chi connectivity index (χ1n) is 5.30. The smallest absolute Gasteiger partial charge is 0.124 e. The van der Waals surface area contributed by atoms with Crippen molar-refractivity contribution < 1.29 is 0 Å². The second-order valence-corrected chi connectivity index (χ2v) is 3.93. The molecule has 2 aliphatic rings. The fraction of sp³-hybridized carbons (Fsp3) is 0.0769. The van der Waals surface area contributed by atoms with Gasteiger partial charge in [-0.15, -0.1) is 0 Å². The Kier molecular flexibility index (Phi) is 1.96. The molecule has 0 saturated carbocycles. The largest absolute Gasteiger partial charge is 0.399 e. The van der Waals surface area contributed by atoms with Crippen LogP contribution in [0.15, 0.2) is 60.6 Å². The van der Waals surface area contributed by atoms with E-state index in [9.17, 15) is 0 Å². The van der Waals surface area contributed by atoms with Gasteiger partial charge in [-0.1, -0.05) is 30.3 Å². The zero-order valence-electron chi connectivity index (χ0n) is 8.80. The van der Waals surface area contributed by atoms with Gasteiger partial charge in [0.15, 0.2) is 0 Å². The Morgan fingerprint density at radius 1 is 1.19 bits per heavy atom. The summed E-state index contributed by atoms with van der Waals surface area (Å²) in [6, 6.07) is 10.3. The predicted octanol–water partition coefficient (Wildman–Crippen LogP) is 1.59. The molecule has 3 N–H and O–H groups in total. The third-order valence-electron chi connectivity index (χ3n) is 2.78. The molecule has 16 heavy (non-hydrogen) atoms. The Morgan fingerprint density at radius 2 is 2.00 bits per heavy atom.